The van der Waals surface area contributed by atoms with Crippen LogP contribution < -0.4 is 20.7 Å². The number of anilines is 2. The molecule has 160 valence electrons. The van der Waals surface area contributed by atoms with Crippen LogP contribution in [-0.4, -0.2) is 45.2 Å². The zero-order valence-corrected chi connectivity index (χ0v) is 17.5. The molecule has 7 nitrogen and oxygen atoms in total. The molecule has 0 saturated carbocycles. The van der Waals surface area contributed by atoms with Crippen molar-refractivity contribution in [2.24, 2.45) is 0 Å². The van der Waals surface area contributed by atoms with E-state index in [1.54, 1.807) is 31.4 Å². The first-order valence-corrected chi connectivity index (χ1v) is 9.76. The highest BCUT2D eigenvalue weighted by Crippen LogP contribution is 2.18. The summed E-state index contributed by atoms with van der Waals surface area (Å²) in [6.07, 6.45) is 0.740. The molecule has 0 unspecified atom stereocenters. The topological polar surface area (TPSA) is 88.7 Å². The summed E-state index contributed by atoms with van der Waals surface area (Å²) in [6, 6.07) is 14.2. The minimum absolute atomic E-state index is 0.0807. The Kier molecular flexibility index (Phi) is 9.40. The number of carbonyl (C=O) groups excluding carboxylic acids is 2. The fourth-order valence-corrected chi connectivity index (χ4v) is 2.55. The lowest BCUT2D eigenvalue weighted by Crippen LogP contribution is -2.25. The number of methoxy groups -OCH3 is 1. The Balaban J connectivity index is 1.84. The molecule has 3 N–H and O–H groups in total. The normalized spacial score (nSPS) is 10.2. The van der Waals surface area contributed by atoms with Gasteiger partial charge in [0.2, 0.25) is 5.91 Å². The van der Waals surface area contributed by atoms with Crippen molar-refractivity contribution in [3.63, 3.8) is 0 Å². The van der Waals surface area contributed by atoms with E-state index in [9.17, 15) is 9.59 Å². The fraction of sp³-hybridized carbons (Fsp3) is 0.304. The molecule has 0 aliphatic rings. The molecule has 2 aromatic carbocycles. The average Bonchev–Trinajstić information content (AvgIpc) is 2.74. The molecular weight excluding hydrogens is 382 g/mol. The zero-order chi connectivity index (χ0) is 21.8. The van der Waals surface area contributed by atoms with Gasteiger partial charge >= 0.3 is 0 Å². The van der Waals surface area contributed by atoms with Crippen LogP contribution in [0.25, 0.3) is 0 Å². The second kappa shape index (κ2) is 12.3. The second-order valence-electron chi connectivity index (χ2n) is 6.86. The molecule has 30 heavy (non-hydrogen) atoms. The van der Waals surface area contributed by atoms with E-state index < -0.39 is 0 Å². The van der Waals surface area contributed by atoms with E-state index in [4.69, 9.17) is 9.47 Å². The lowest BCUT2D eigenvalue weighted by molar-refractivity contribution is -0.114. The van der Waals surface area contributed by atoms with Crippen molar-refractivity contribution in [2.75, 3.05) is 44.0 Å². The summed E-state index contributed by atoms with van der Waals surface area (Å²) in [7, 11) is 1.62. The maximum atomic E-state index is 12.3. The summed E-state index contributed by atoms with van der Waals surface area (Å²) in [5.41, 5.74) is 2.75. The van der Waals surface area contributed by atoms with Crippen LogP contribution in [-0.2, 0) is 9.53 Å². The van der Waals surface area contributed by atoms with Gasteiger partial charge in [-0.3, -0.25) is 9.59 Å². The number of ether oxygens (including phenoxy) is 2. The predicted octanol–water partition coefficient (Wildman–Crippen LogP) is 3.46. The SMILES string of the molecule is C=C(C)COc1cccc(NCC(=O)Nc2cccc(C(=O)NCCCOC)c2)c1. The molecule has 0 saturated heterocycles. The van der Waals surface area contributed by atoms with Gasteiger partial charge < -0.3 is 25.4 Å². The number of benzene rings is 2. The number of hydrogen-bond acceptors (Lipinski definition) is 5. The minimum Gasteiger partial charge on any atom is -0.489 e. The molecule has 7 heteroatoms. The van der Waals surface area contributed by atoms with Crippen molar-refractivity contribution in [1.82, 2.24) is 5.32 Å². The molecule has 0 spiro atoms. The van der Waals surface area contributed by atoms with Crippen molar-refractivity contribution < 1.29 is 19.1 Å². The van der Waals surface area contributed by atoms with Crippen molar-refractivity contribution >= 4 is 23.2 Å². The van der Waals surface area contributed by atoms with E-state index >= 15 is 0 Å². The Hall–Kier alpha value is -3.32. The molecular formula is C23H29N3O4. The number of carbonyl (C=O) groups is 2. The third kappa shape index (κ3) is 8.36. The molecule has 2 aromatic rings. The molecule has 0 aliphatic carbocycles. The van der Waals surface area contributed by atoms with Crippen LogP contribution in [0.15, 0.2) is 60.7 Å². The quantitative estimate of drug-likeness (QED) is 0.368. The van der Waals surface area contributed by atoms with Gasteiger partial charge in [-0.2, -0.15) is 0 Å². The summed E-state index contributed by atoms with van der Waals surface area (Å²) in [5, 5.41) is 8.68. The average molecular weight is 412 g/mol. The van der Waals surface area contributed by atoms with Gasteiger partial charge in [0.05, 0.1) is 6.54 Å². The highest BCUT2D eigenvalue weighted by Gasteiger charge is 2.08. The summed E-state index contributed by atoms with van der Waals surface area (Å²) >= 11 is 0. The van der Waals surface area contributed by atoms with Crippen LogP contribution in [0.1, 0.15) is 23.7 Å². The monoisotopic (exact) mass is 411 g/mol. The molecule has 0 heterocycles. The van der Waals surface area contributed by atoms with Gasteiger partial charge in [-0.1, -0.05) is 18.7 Å². The van der Waals surface area contributed by atoms with Gasteiger partial charge in [0.25, 0.3) is 5.91 Å². The summed E-state index contributed by atoms with van der Waals surface area (Å²) < 4.78 is 10.6. The largest absolute Gasteiger partial charge is 0.489 e. The number of rotatable bonds is 12. The first-order chi connectivity index (χ1) is 14.5. The third-order valence-electron chi connectivity index (χ3n) is 3.99. The highest BCUT2D eigenvalue weighted by molar-refractivity contribution is 5.98. The van der Waals surface area contributed by atoms with Crippen LogP contribution in [0.5, 0.6) is 5.75 Å². The van der Waals surface area contributed by atoms with Crippen LogP contribution in [0.2, 0.25) is 0 Å². The van der Waals surface area contributed by atoms with E-state index in [2.05, 4.69) is 22.5 Å². The second-order valence-corrected chi connectivity index (χ2v) is 6.86. The summed E-state index contributed by atoms with van der Waals surface area (Å²) in [4.78, 5) is 24.5. The zero-order valence-electron chi connectivity index (χ0n) is 17.5. The highest BCUT2D eigenvalue weighted by atomic mass is 16.5. The lowest BCUT2D eigenvalue weighted by atomic mass is 10.2. The van der Waals surface area contributed by atoms with Crippen molar-refractivity contribution in [2.45, 2.75) is 13.3 Å². The maximum absolute atomic E-state index is 12.3. The van der Waals surface area contributed by atoms with Crippen LogP contribution >= 0.6 is 0 Å². The van der Waals surface area contributed by atoms with E-state index in [1.165, 1.54) is 0 Å². The molecule has 0 radical (unpaired) electrons. The van der Waals surface area contributed by atoms with Crippen LogP contribution in [0.3, 0.4) is 0 Å². The van der Waals surface area contributed by atoms with Crippen LogP contribution in [0, 0.1) is 0 Å². The van der Waals surface area contributed by atoms with Gasteiger partial charge in [0.1, 0.15) is 12.4 Å². The molecule has 0 atom stereocenters. The van der Waals surface area contributed by atoms with E-state index in [0.717, 1.165) is 17.7 Å². The van der Waals surface area contributed by atoms with Gasteiger partial charge in [0, 0.05) is 43.3 Å². The molecule has 0 aliphatic heterocycles. The third-order valence-corrected chi connectivity index (χ3v) is 3.99. The van der Waals surface area contributed by atoms with Gasteiger partial charge in [0.15, 0.2) is 0 Å². The molecule has 0 aromatic heterocycles. The number of hydrogen-bond donors (Lipinski definition) is 3. The molecule has 0 bridgehead atoms. The van der Waals surface area contributed by atoms with Gasteiger partial charge in [-0.25, -0.2) is 0 Å². The van der Waals surface area contributed by atoms with Crippen molar-refractivity contribution in [1.29, 1.82) is 0 Å². The summed E-state index contributed by atoms with van der Waals surface area (Å²) in [6.45, 7) is 7.35. The van der Waals surface area contributed by atoms with Gasteiger partial charge in [-0.15, -0.1) is 0 Å². The standard InChI is InChI=1S/C23H29N3O4/c1-17(2)16-30-21-10-5-8-19(14-21)25-15-22(27)26-20-9-4-7-18(13-20)23(28)24-11-6-12-29-3/h4-5,7-10,13-14,25H,1,6,11-12,15-16H2,2-3H3,(H,24,28)(H,26,27). The first-order valence-electron chi connectivity index (χ1n) is 9.76. The Morgan fingerprint density at radius 1 is 1.07 bits per heavy atom. The fourth-order valence-electron chi connectivity index (χ4n) is 2.55. The van der Waals surface area contributed by atoms with E-state index in [0.29, 0.717) is 36.8 Å². The van der Waals surface area contributed by atoms with Crippen LogP contribution in [0.4, 0.5) is 11.4 Å². The van der Waals surface area contributed by atoms with Crippen molar-refractivity contribution in [3.05, 3.63) is 66.2 Å². The van der Waals surface area contributed by atoms with Gasteiger partial charge in [-0.05, 0) is 49.2 Å². The van der Waals surface area contributed by atoms with Crippen molar-refractivity contribution in [3.8, 4) is 5.75 Å². The number of amides is 2. The molecule has 2 amide bonds. The van der Waals surface area contributed by atoms with E-state index in [1.807, 2.05) is 31.2 Å². The Labute approximate surface area is 177 Å². The number of nitrogens with one attached hydrogen (secondary N) is 3. The summed E-state index contributed by atoms with van der Waals surface area (Å²) in [5.74, 6) is 0.292. The smallest absolute Gasteiger partial charge is 0.251 e. The molecule has 2 rings (SSSR count). The first kappa shape index (κ1) is 23.0. The Morgan fingerprint density at radius 2 is 1.83 bits per heavy atom. The van der Waals surface area contributed by atoms with E-state index in [-0.39, 0.29) is 18.4 Å². The Morgan fingerprint density at radius 3 is 2.60 bits per heavy atom. The predicted molar refractivity (Wildman–Crippen MR) is 119 cm³/mol. The minimum atomic E-state index is -0.221. The lowest BCUT2D eigenvalue weighted by Gasteiger charge is -2.11. The molecule has 0 fully saturated rings. The maximum Gasteiger partial charge on any atom is 0.251 e. The Bertz CT molecular complexity index is 867.